The smallest absolute Gasteiger partial charge is 0.337 e. The Hall–Kier alpha value is -3.50. The lowest BCUT2D eigenvalue weighted by molar-refractivity contribution is -0.160. The molecular formula is C33H36ClN5O3S. The van der Waals surface area contributed by atoms with Gasteiger partial charge < -0.3 is 14.7 Å². The van der Waals surface area contributed by atoms with Gasteiger partial charge in [0.15, 0.2) is 11.2 Å². The molecule has 1 saturated heterocycles. The molecule has 0 bridgehead atoms. The van der Waals surface area contributed by atoms with E-state index >= 15 is 0 Å². The average molecular weight is 618 g/mol. The molecule has 1 aliphatic rings. The first-order chi connectivity index (χ1) is 20.4. The molecule has 3 heterocycles. The minimum atomic E-state index is -1.14. The zero-order valence-corrected chi connectivity index (χ0v) is 26.8. The quantitative estimate of drug-likeness (QED) is 0.215. The van der Waals surface area contributed by atoms with E-state index < -0.39 is 17.7 Å². The summed E-state index contributed by atoms with van der Waals surface area (Å²) in [5, 5.41) is 17.4. The molecule has 0 spiro atoms. The first kappa shape index (κ1) is 29.6. The van der Waals surface area contributed by atoms with Crippen molar-refractivity contribution in [2.75, 3.05) is 31.6 Å². The number of piperazine rings is 1. The Morgan fingerprint density at radius 2 is 1.86 bits per heavy atom. The van der Waals surface area contributed by atoms with Crippen molar-refractivity contribution in [2.45, 2.75) is 45.4 Å². The maximum Gasteiger partial charge on any atom is 0.337 e. The fourth-order valence-electron chi connectivity index (χ4n) is 5.96. The first-order valence-electron chi connectivity index (χ1n) is 14.4. The van der Waals surface area contributed by atoms with Crippen LogP contribution in [0.25, 0.3) is 32.2 Å². The average Bonchev–Trinajstić information content (AvgIpc) is 3.54. The Balaban J connectivity index is 1.45. The van der Waals surface area contributed by atoms with Crippen molar-refractivity contribution in [2.24, 2.45) is 7.05 Å². The highest BCUT2D eigenvalue weighted by atomic mass is 35.5. The third-order valence-corrected chi connectivity index (χ3v) is 9.48. The van der Waals surface area contributed by atoms with Crippen LogP contribution in [0, 0.1) is 6.92 Å². The minimum Gasteiger partial charge on any atom is -0.479 e. The van der Waals surface area contributed by atoms with Crippen LogP contribution in [0.3, 0.4) is 0 Å². The van der Waals surface area contributed by atoms with E-state index in [9.17, 15) is 9.90 Å². The molecule has 1 unspecified atom stereocenters. The number of thiazole rings is 1. The molecule has 0 aliphatic carbocycles. The van der Waals surface area contributed by atoms with Gasteiger partial charge in [0.2, 0.25) is 0 Å². The van der Waals surface area contributed by atoms with E-state index in [0.29, 0.717) is 10.6 Å². The number of aliphatic carboxylic acids is 1. The first-order valence-corrected chi connectivity index (χ1v) is 15.6. The van der Waals surface area contributed by atoms with Gasteiger partial charge in [0.1, 0.15) is 0 Å². The molecule has 6 rings (SSSR count). The van der Waals surface area contributed by atoms with Gasteiger partial charge in [-0.3, -0.25) is 9.58 Å². The van der Waals surface area contributed by atoms with Crippen LogP contribution in [0.2, 0.25) is 5.02 Å². The molecule has 5 aromatic rings. The van der Waals surface area contributed by atoms with E-state index in [4.69, 9.17) is 21.3 Å². The molecule has 8 nitrogen and oxygen atoms in total. The summed E-state index contributed by atoms with van der Waals surface area (Å²) in [6.45, 7) is 10.1. The molecule has 10 heteroatoms. The van der Waals surface area contributed by atoms with Crippen molar-refractivity contribution >= 4 is 55.2 Å². The van der Waals surface area contributed by atoms with Gasteiger partial charge in [0, 0.05) is 48.2 Å². The molecule has 224 valence electrons. The Labute approximate surface area is 260 Å². The molecule has 3 aromatic carbocycles. The van der Waals surface area contributed by atoms with E-state index in [1.807, 2.05) is 76.0 Å². The molecule has 2 atom stereocenters. The van der Waals surface area contributed by atoms with Gasteiger partial charge in [-0.05, 0) is 81.8 Å². The Kier molecular flexibility index (Phi) is 7.71. The summed E-state index contributed by atoms with van der Waals surface area (Å²) < 4.78 is 9.00. The van der Waals surface area contributed by atoms with Crippen LogP contribution < -0.4 is 4.90 Å². The number of likely N-dealkylation sites (N-methyl/N-ethyl adjacent to an activating group) is 1. The molecule has 43 heavy (non-hydrogen) atoms. The number of aromatic nitrogens is 3. The molecule has 0 saturated carbocycles. The molecule has 0 radical (unpaired) electrons. The van der Waals surface area contributed by atoms with Gasteiger partial charge in [0.25, 0.3) is 0 Å². The van der Waals surface area contributed by atoms with Crippen molar-refractivity contribution in [3.8, 4) is 11.1 Å². The Morgan fingerprint density at radius 1 is 1.12 bits per heavy atom. The molecule has 2 aromatic heterocycles. The standard InChI is InChI=1S/C33H36ClN5O3S/c1-19-15-24-30(28(20-7-10-23(34)11-8-20)27(19)29(31(40)41)42-33(2,3)4)43-32(36-24)39-14-13-37(5)26(18-39)21-9-12-25-22(16-21)17-35-38(25)6/h7-12,15-17,26,29H,13-14,18H2,1-6H3,(H,40,41)/t26?,29-/m0/s1. The molecule has 1 N–H and O–H groups in total. The fraction of sp³-hybridized carbons (Fsp3) is 0.364. The number of halogens is 1. The van der Waals surface area contributed by atoms with Crippen LogP contribution in [0.5, 0.6) is 0 Å². The highest BCUT2D eigenvalue weighted by molar-refractivity contribution is 7.22. The molecule has 1 aliphatic heterocycles. The fourth-order valence-corrected chi connectivity index (χ4v) is 7.25. The predicted molar refractivity (Wildman–Crippen MR) is 174 cm³/mol. The zero-order valence-electron chi connectivity index (χ0n) is 25.3. The predicted octanol–water partition coefficient (Wildman–Crippen LogP) is 7.25. The highest BCUT2D eigenvalue weighted by Crippen LogP contribution is 2.45. The number of benzene rings is 3. The lowest BCUT2D eigenvalue weighted by atomic mass is 9.91. The van der Waals surface area contributed by atoms with Gasteiger partial charge in [-0.1, -0.05) is 41.1 Å². The van der Waals surface area contributed by atoms with Crippen LogP contribution >= 0.6 is 22.9 Å². The second-order valence-corrected chi connectivity index (χ2v) is 13.7. The summed E-state index contributed by atoms with van der Waals surface area (Å²) in [6, 6.07) is 16.3. The number of carboxylic acid groups (broad SMARTS) is 1. The van der Waals surface area contributed by atoms with Crippen molar-refractivity contribution in [1.29, 1.82) is 0 Å². The minimum absolute atomic E-state index is 0.190. The number of aryl methyl sites for hydroxylation is 2. The summed E-state index contributed by atoms with van der Waals surface area (Å²) in [4.78, 5) is 22.5. The van der Waals surface area contributed by atoms with Crippen LogP contribution in [-0.2, 0) is 16.6 Å². The number of nitrogens with zero attached hydrogens (tertiary/aromatic N) is 5. The van der Waals surface area contributed by atoms with Gasteiger partial charge >= 0.3 is 5.97 Å². The molecular weight excluding hydrogens is 582 g/mol. The van der Waals surface area contributed by atoms with Crippen LogP contribution in [0.1, 0.15) is 49.6 Å². The monoisotopic (exact) mass is 617 g/mol. The van der Waals surface area contributed by atoms with E-state index in [-0.39, 0.29) is 6.04 Å². The van der Waals surface area contributed by atoms with Gasteiger partial charge in [-0.25, -0.2) is 9.78 Å². The largest absolute Gasteiger partial charge is 0.479 e. The van der Waals surface area contributed by atoms with Crippen molar-refractivity contribution in [3.05, 3.63) is 76.4 Å². The van der Waals surface area contributed by atoms with Crippen LogP contribution in [0.4, 0.5) is 5.13 Å². The van der Waals surface area contributed by atoms with Crippen molar-refractivity contribution < 1.29 is 14.6 Å². The summed E-state index contributed by atoms with van der Waals surface area (Å²) >= 11 is 7.86. The van der Waals surface area contributed by atoms with Gasteiger partial charge in [-0.2, -0.15) is 5.10 Å². The summed E-state index contributed by atoms with van der Waals surface area (Å²) in [5.41, 5.74) is 5.74. The number of ether oxygens (including phenoxy) is 1. The number of hydrogen-bond donors (Lipinski definition) is 1. The molecule has 1 fully saturated rings. The second-order valence-electron chi connectivity index (χ2n) is 12.3. The van der Waals surface area contributed by atoms with E-state index in [1.54, 1.807) is 11.3 Å². The maximum absolute atomic E-state index is 12.7. The van der Waals surface area contributed by atoms with Crippen LogP contribution in [-0.4, -0.2) is 63.0 Å². The SMILES string of the molecule is Cc1cc2nc(N3CCN(C)C(c4ccc5c(cnn5C)c4)C3)sc2c(-c2ccc(Cl)cc2)c1[C@H](OC(C)(C)C)C(=O)O. The Bertz CT molecular complexity index is 1820. The third kappa shape index (κ3) is 5.74. The molecule has 0 amide bonds. The number of anilines is 1. The number of rotatable bonds is 6. The maximum atomic E-state index is 12.7. The summed E-state index contributed by atoms with van der Waals surface area (Å²) in [7, 11) is 4.13. The third-order valence-electron chi connectivity index (χ3n) is 8.08. The normalized spacial score (nSPS) is 17.2. The Morgan fingerprint density at radius 3 is 2.56 bits per heavy atom. The number of hydrogen-bond acceptors (Lipinski definition) is 7. The van der Waals surface area contributed by atoms with E-state index in [2.05, 4.69) is 40.1 Å². The number of carbonyl (C=O) groups is 1. The summed E-state index contributed by atoms with van der Waals surface area (Å²) in [6.07, 6.45) is 0.773. The number of fused-ring (bicyclic) bond motifs is 2. The van der Waals surface area contributed by atoms with Crippen molar-refractivity contribution in [3.63, 3.8) is 0 Å². The van der Waals surface area contributed by atoms with E-state index in [1.165, 1.54) is 5.56 Å². The van der Waals surface area contributed by atoms with E-state index in [0.717, 1.165) is 62.6 Å². The lowest BCUT2D eigenvalue weighted by Crippen LogP contribution is -2.46. The second kappa shape index (κ2) is 11.2. The topological polar surface area (TPSA) is 83.7 Å². The van der Waals surface area contributed by atoms with Crippen molar-refractivity contribution in [1.82, 2.24) is 19.7 Å². The summed E-state index contributed by atoms with van der Waals surface area (Å²) in [5.74, 6) is -1.02. The lowest BCUT2D eigenvalue weighted by Gasteiger charge is -2.39. The van der Waals surface area contributed by atoms with Gasteiger partial charge in [0.05, 0.1) is 33.6 Å². The van der Waals surface area contributed by atoms with Gasteiger partial charge in [-0.15, -0.1) is 0 Å². The highest BCUT2D eigenvalue weighted by Gasteiger charge is 2.33. The number of carboxylic acids is 1. The zero-order chi connectivity index (χ0) is 30.6. The van der Waals surface area contributed by atoms with Crippen LogP contribution in [0.15, 0.2) is 54.7 Å².